The Morgan fingerprint density at radius 2 is 1.91 bits per heavy atom. The molecule has 0 saturated carbocycles. The van der Waals surface area contributed by atoms with Crippen LogP contribution in [0.3, 0.4) is 0 Å². The molecular weight excluding hydrogens is 412 g/mol. The van der Waals surface area contributed by atoms with Gasteiger partial charge in [-0.05, 0) is 68.7 Å². The number of aromatic nitrogens is 1. The Labute approximate surface area is 193 Å². The Hall–Kier alpha value is -2.98. The van der Waals surface area contributed by atoms with E-state index in [0.717, 1.165) is 45.7 Å². The number of nitrogens with zero attached hydrogens (tertiary/aromatic N) is 1. The molecule has 2 aromatic heterocycles. The largest absolute Gasteiger partial charge is 0.322 e. The lowest BCUT2D eigenvalue weighted by Crippen LogP contribution is -2.17. The fourth-order valence-corrected chi connectivity index (χ4v) is 6.29. The lowest BCUT2D eigenvalue weighted by molar-refractivity contribution is 0.102. The van der Waals surface area contributed by atoms with Crippen LogP contribution in [0.25, 0.3) is 21.3 Å². The normalized spacial score (nSPS) is 15.6. The first kappa shape index (κ1) is 20.9. The van der Waals surface area contributed by atoms with E-state index in [0.29, 0.717) is 11.5 Å². The molecule has 2 aromatic carbocycles. The second-order valence-corrected chi connectivity index (χ2v) is 10.2. The van der Waals surface area contributed by atoms with Gasteiger partial charge in [0, 0.05) is 21.5 Å². The zero-order chi connectivity index (χ0) is 22.4. The Bertz CT molecular complexity index is 1350. The molecule has 0 bridgehead atoms. The first-order chi connectivity index (χ1) is 15.4. The van der Waals surface area contributed by atoms with Gasteiger partial charge in [0.1, 0.15) is 4.83 Å². The van der Waals surface area contributed by atoms with Gasteiger partial charge in [0.2, 0.25) is 0 Å². The summed E-state index contributed by atoms with van der Waals surface area (Å²) >= 11 is 1.81. The molecular formula is C28H28N2OS. The standard InChI is InChI=1S/C28H28N2OS/c1-16-8-7-10-20(14-16)25-24(27(31)30-22-11-6-5-9-18(22)3)19(4)29-28-26(25)21-13-12-17(2)15-23(21)32-28/h5-11,14,17H,12-13,15H2,1-4H3,(H,30,31)/t17-/m1/s1. The number of hydrogen-bond donors (Lipinski definition) is 1. The Balaban J connectivity index is 1.77. The van der Waals surface area contributed by atoms with Crippen LogP contribution in [-0.4, -0.2) is 10.9 Å². The summed E-state index contributed by atoms with van der Waals surface area (Å²) in [6.45, 7) is 8.41. The van der Waals surface area contributed by atoms with Gasteiger partial charge in [-0.25, -0.2) is 4.98 Å². The fraction of sp³-hybridized carbons (Fsp3) is 0.286. The van der Waals surface area contributed by atoms with Crippen LogP contribution >= 0.6 is 11.3 Å². The molecule has 162 valence electrons. The van der Waals surface area contributed by atoms with Crippen molar-refractivity contribution in [2.75, 3.05) is 5.32 Å². The summed E-state index contributed by atoms with van der Waals surface area (Å²) in [4.78, 5) is 21.2. The van der Waals surface area contributed by atoms with E-state index in [1.54, 1.807) is 0 Å². The van der Waals surface area contributed by atoms with Crippen LogP contribution in [0.4, 0.5) is 5.69 Å². The van der Waals surface area contributed by atoms with E-state index >= 15 is 0 Å². The third kappa shape index (κ3) is 3.63. The van der Waals surface area contributed by atoms with Gasteiger partial charge < -0.3 is 5.32 Å². The Kier molecular flexibility index (Phi) is 5.34. The van der Waals surface area contributed by atoms with Crippen molar-refractivity contribution in [3.05, 3.63) is 81.4 Å². The van der Waals surface area contributed by atoms with Gasteiger partial charge in [0.25, 0.3) is 5.91 Å². The number of carbonyl (C=O) groups excluding carboxylic acids is 1. The van der Waals surface area contributed by atoms with E-state index in [1.807, 2.05) is 49.4 Å². The van der Waals surface area contributed by atoms with Gasteiger partial charge in [0.05, 0.1) is 11.3 Å². The monoisotopic (exact) mass is 440 g/mol. The molecule has 0 radical (unpaired) electrons. The van der Waals surface area contributed by atoms with Gasteiger partial charge in [0.15, 0.2) is 0 Å². The molecule has 1 aliphatic rings. The molecule has 2 heterocycles. The zero-order valence-electron chi connectivity index (χ0n) is 19.1. The Morgan fingerprint density at radius 1 is 1.09 bits per heavy atom. The highest BCUT2D eigenvalue weighted by atomic mass is 32.1. The van der Waals surface area contributed by atoms with Gasteiger partial charge in [-0.3, -0.25) is 4.79 Å². The number of carbonyl (C=O) groups is 1. The van der Waals surface area contributed by atoms with Gasteiger partial charge in [-0.15, -0.1) is 11.3 Å². The summed E-state index contributed by atoms with van der Waals surface area (Å²) in [5.41, 5.74) is 8.08. The van der Waals surface area contributed by atoms with Crippen LogP contribution in [0.5, 0.6) is 0 Å². The molecule has 0 fully saturated rings. The maximum Gasteiger partial charge on any atom is 0.258 e. The van der Waals surface area contributed by atoms with E-state index < -0.39 is 0 Å². The minimum absolute atomic E-state index is 0.0909. The number of amides is 1. The summed E-state index contributed by atoms with van der Waals surface area (Å²) in [5.74, 6) is 0.606. The van der Waals surface area contributed by atoms with Gasteiger partial charge >= 0.3 is 0 Å². The summed E-state index contributed by atoms with van der Waals surface area (Å²) in [6.07, 6.45) is 3.34. The van der Waals surface area contributed by atoms with Crippen LogP contribution < -0.4 is 5.32 Å². The van der Waals surface area contributed by atoms with E-state index in [9.17, 15) is 4.79 Å². The molecule has 0 unspecified atom stereocenters. The summed E-state index contributed by atoms with van der Waals surface area (Å²) in [7, 11) is 0. The highest BCUT2D eigenvalue weighted by Gasteiger charge is 2.28. The lowest BCUT2D eigenvalue weighted by atomic mass is 9.86. The number of benzene rings is 2. The third-order valence-corrected chi connectivity index (χ3v) is 7.70. The average molecular weight is 441 g/mol. The van der Waals surface area contributed by atoms with Crippen molar-refractivity contribution >= 4 is 33.1 Å². The number of thiophene rings is 1. The molecule has 4 aromatic rings. The number of pyridine rings is 1. The third-order valence-electron chi connectivity index (χ3n) is 6.55. The average Bonchev–Trinajstić information content (AvgIpc) is 3.10. The number of anilines is 1. The molecule has 3 nitrogen and oxygen atoms in total. The van der Waals surface area contributed by atoms with Crippen molar-refractivity contribution in [1.82, 2.24) is 4.98 Å². The molecule has 1 atom stereocenters. The second-order valence-electron chi connectivity index (χ2n) is 9.12. The van der Waals surface area contributed by atoms with E-state index in [2.05, 4.69) is 43.4 Å². The van der Waals surface area contributed by atoms with E-state index in [4.69, 9.17) is 4.98 Å². The molecule has 1 N–H and O–H groups in total. The topological polar surface area (TPSA) is 42.0 Å². The van der Waals surface area contributed by atoms with Gasteiger partial charge in [-0.1, -0.05) is 55.0 Å². The fourth-order valence-electron chi connectivity index (χ4n) is 4.85. The van der Waals surface area contributed by atoms with Crippen molar-refractivity contribution < 1.29 is 4.79 Å². The maximum absolute atomic E-state index is 13.7. The second kappa shape index (κ2) is 8.18. The SMILES string of the molecule is Cc1cccc(-c2c(C(=O)Nc3ccccc3C)c(C)nc3sc4c(c23)CC[C@@H](C)C4)c1. The van der Waals surface area contributed by atoms with Crippen LogP contribution in [0.15, 0.2) is 48.5 Å². The highest BCUT2D eigenvalue weighted by Crippen LogP contribution is 2.44. The number of para-hydroxylation sites is 1. The summed E-state index contributed by atoms with van der Waals surface area (Å²) in [5, 5.41) is 4.34. The van der Waals surface area contributed by atoms with Crippen LogP contribution in [-0.2, 0) is 12.8 Å². The molecule has 5 rings (SSSR count). The summed E-state index contributed by atoms with van der Waals surface area (Å²) in [6, 6.07) is 16.4. The van der Waals surface area contributed by atoms with Crippen LogP contribution in [0, 0.1) is 26.7 Å². The molecule has 1 amide bonds. The van der Waals surface area contributed by atoms with Crippen molar-refractivity contribution in [1.29, 1.82) is 0 Å². The number of fused-ring (bicyclic) bond motifs is 3. The molecule has 4 heteroatoms. The van der Waals surface area contributed by atoms with Crippen LogP contribution in [0.2, 0.25) is 0 Å². The van der Waals surface area contributed by atoms with E-state index in [1.165, 1.54) is 27.8 Å². The van der Waals surface area contributed by atoms with Crippen LogP contribution in [0.1, 0.15) is 51.0 Å². The smallest absolute Gasteiger partial charge is 0.258 e. The highest BCUT2D eigenvalue weighted by molar-refractivity contribution is 7.19. The first-order valence-corrected chi connectivity index (χ1v) is 12.1. The van der Waals surface area contributed by atoms with Gasteiger partial charge in [-0.2, -0.15) is 0 Å². The molecule has 32 heavy (non-hydrogen) atoms. The lowest BCUT2D eigenvalue weighted by Gasteiger charge is -2.20. The summed E-state index contributed by atoms with van der Waals surface area (Å²) < 4.78 is 0. The Morgan fingerprint density at radius 3 is 2.69 bits per heavy atom. The quantitative estimate of drug-likeness (QED) is 0.364. The zero-order valence-corrected chi connectivity index (χ0v) is 19.9. The minimum atomic E-state index is -0.0909. The predicted molar refractivity (Wildman–Crippen MR) is 135 cm³/mol. The number of hydrogen-bond acceptors (Lipinski definition) is 3. The number of aryl methyl sites for hydroxylation is 4. The molecule has 0 spiro atoms. The molecule has 0 aliphatic heterocycles. The predicted octanol–water partition coefficient (Wildman–Crippen LogP) is 7.27. The molecule has 0 saturated heterocycles. The minimum Gasteiger partial charge on any atom is -0.322 e. The van der Waals surface area contributed by atoms with Crippen molar-refractivity contribution in [2.24, 2.45) is 5.92 Å². The number of nitrogens with one attached hydrogen (secondary N) is 1. The molecule has 1 aliphatic carbocycles. The van der Waals surface area contributed by atoms with Crippen molar-refractivity contribution in [3.8, 4) is 11.1 Å². The van der Waals surface area contributed by atoms with Crippen molar-refractivity contribution in [3.63, 3.8) is 0 Å². The first-order valence-electron chi connectivity index (χ1n) is 11.3. The van der Waals surface area contributed by atoms with E-state index in [-0.39, 0.29) is 5.91 Å². The maximum atomic E-state index is 13.7. The number of rotatable bonds is 3. The van der Waals surface area contributed by atoms with Crippen molar-refractivity contribution in [2.45, 2.75) is 47.0 Å².